The highest BCUT2D eigenvalue weighted by Gasteiger charge is 2.30. The van der Waals surface area contributed by atoms with Gasteiger partial charge in [0.1, 0.15) is 32.2 Å². The van der Waals surface area contributed by atoms with E-state index in [2.05, 4.69) is 12.4 Å². The summed E-state index contributed by atoms with van der Waals surface area (Å²) in [6, 6.07) is 4.25. The fourth-order valence-corrected chi connectivity index (χ4v) is 3.11. The second-order valence-electron chi connectivity index (χ2n) is 6.31. The molecule has 1 amide bonds. The Kier molecular flexibility index (Phi) is 4.86. The van der Waals surface area contributed by atoms with Crippen LogP contribution in [0.25, 0.3) is 0 Å². The Morgan fingerprint density at radius 2 is 1.92 bits per heavy atom. The molecule has 2 aliphatic heterocycles. The Morgan fingerprint density at radius 3 is 2.62 bits per heavy atom. The number of carboxylic acid groups (broad SMARTS) is 1. The zero-order chi connectivity index (χ0) is 17.1. The summed E-state index contributed by atoms with van der Waals surface area (Å²) in [5.74, 6) is -0.325. The Balaban J connectivity index is 1.60. The number of benzene rings is 1. The topological polar surface area (TPSA) is 96.6 Å². The predicted molar refractivity (Wildman–Crippen MR) is 81.9 cm³/mol. The highest BCUT2D eigenvalue weighted by Crippen LogP contribution is 2.34. The van der Waals surface area contributed by atoms with Crippen molar-refractivity contribution in [3.63, 3.8) is 0 Å². The van der Waals surface area contributed by atoms with Gasteiger partial charge in [0, 0.05) is 11.8 Å². The molecule has 0 bridgehead atoms. The van der Waals surface area contributed by atoms with Gasteiger partial charge in [-0.3, -0.25) is 4.79 Å². The van der Waals surface area contributed by atoms with Gasteiger partial charge in [-0.05, 0) is 12.1 Å². The van der Waals surface area contributed by atoms with Crippen molar-refractivity contribution in [2.24, 2.45) is 0 Å². The molecule has 8 heteroatoms. The molecule has 0 aliphatic carbocycles. The quantitative estimate of drug-likeness (QED) is 0.514. The third-order valence-corrected chi connectivity index (χ3v) is 4.57. The van der Waals surface area contributed by atoms with Crippen LogP contribution in [0.5, 0.6) is 11.5 Å². The van der Waals surface area contributed by atoms with Crippen LogP contribution in [0.3, 0.4) is 0 Å². The molecule has 2 heterocycles. The molecule has 0 spiro atoms. The third kappa shape index (κ3) is 3.77. The average Bonchev–Trinajstić information content (AvgIpc) is 3.01. The van der Waals surface area contributed by atoms with E-state index in [1.165, 1.54) is 4.90 Å². The monoisotopic (exact) mass is 336 g/mol. The predicted octanol–water partition coefficient (Wildman–Crippen LogP) is -3.72. The van der Waals surface area contributed by atoms with Gasteiger partial charge in [0.15, 0.2) is 11.5 Å². The lowest BCUT2D eigenvalue weighted by Crippen LogP contribution is -3.29. The van der Waals surface area contributed by atoms with Crippen molar-refractivity contribution in [3.05, 3.63) is 18.2 Å². The van der Waals surface area contributed by atoms with Crippen molar-refractivity contribution < 1.29 is 34.0 Å². The summed E-state index contributed by atoms with van der Waals surface area (Å²) in [4.78, 5) is 26.0. The molecule has 1 saturated heterocycles. The minimum atomic E-state index is -1.18. The van der Waals surface area contributed by atoms with Gasteiger partial charge < -0.3 is 34.5 Å². The number of piperazine rings is 1. The highest BCUT2D eigenvalue weighted by atomic mass is 16.7. The van der Waals surface area contributed by atoms with Gasteiger partial charge in [0.2, 0.25) is 12.7 Å². The molecule has 1 atom stereocenters. The van der Waals surface area contributed by atoms with Crippen molar-refractivity contribution in [3.8, 4) is 11.5 Å². The number of nitrogens with one attached hydrogen (secondary N) is 3. The van der Waals surface area contributed by atoms with Crippen LogP contribution in [-0.2, 0) is 9.59 Å². The summed E-state index contributed by atoms with van der Waals surface area (Å²) >= 11 is 0. The van der Waals surface area contributed by atoms with E-state index in [0.717, 1.165) is 31.1 Å². The number of carbonyl (C=O) groups is 2. The van der Waals surface area contributed by atoms with Crippen molar-refractivity contribution in [2.75, 3.05) is 45.3 Å². The number of quaternary nitrogens is 2. The van der Waals surface area contributed by atoms with Gasteiger partial charge in [-0.15, -0.1) is 0 Å². The smallest absolute Gasteiger partial charge is 0.231 e. The zero-order valence-electron chi connectivity index (χ0n) is 13.6. The normalized spacial score (nSPS) is 23.5. The number of fused-ring (bicyclic) bond motifs is 1. The Hall–Kier alpha value is -2.32. The standard InChI is InChI=1S/C16H21N3O5/c1-18-4-6-19(7-5-18)12(16(21)22)9-15(20)17-11-2-3-13-14(8-11)24-10-23-13/h2-3,8,12H,4-7,9-10H2,1H3,(H,17,20)(H,21,22)/p+1/t12-/m0/s1. The van der Waals surface area contributed by atoms with Crippen LogP contribution in [0, 0.1) is 0 Å². The SMILES string of the molecule is C[NH+]1CC[NH+]([C@@H](CC(=O)Nc2ccc3c(c2)OCO3)C(=O)[O-])CC1. The van der Waals surface area contributed by atoms with Crippen LogP contribution < -0.4 is 29.7 Å². The maximum Gasteiger partial charge on any atom is 0.231 e. The van der Waals surface area contributed by atoms with Crippen LogP contribution in [0.15, 0.2) is 18.2 Å². The lowest BCUT2D eigenvalue weighted by atomic mass is 10.1. The number of rotatable bonds is 5. The van der Waals surface area contributed by atoms with Crippen LogP contribution in [-0.4, -0.2) is 57.9 Å². The summed E-state index contributed by atoms with van der Waals surface area (Å²) in [6.07, 6.45) is -0.106. The molecule has 0 aromatic heterocycles. The van der Waals surface area contributed by atoms with Gasteiger partial charge in [-0.2, -0.15) is 0 Å². The van der Waals surface area contributed by atoms with Gasteiger partial charge in [-0.25, -0.2) is 0 Å². The number of likely N-dealkylation sites (N-methyl/N-ethyl adjacent to an activating group) is 1. The first kappa shape index (κ1) is 16.5. The van der Waals surface area contributed by atoms with E-state index >= 15 is 0 Å². The highest BCUT2D eigenvalue weighted by molar-refractivity contribution is 5.93. The van der Waals surface area contributed by atoms with Gasteiger partial charge in [-0.1, -0.05) is 0 Å². The molecule has 0 radical (unpaired) electrons. The Bertz CT molecular complexity index is 628. The molecule has 8 nitrogen and oxygen atoms in total. The number of carbonyl (C=O) groups excluding carboxylic acids is 2. The Labute approximate surface area is 139 Å². The maximum atomic E-state index is 12.2. The molecule has 0 unspecified atom stereocenters. The van der Waals surface area contributed by atoms with Gasteiger partial charge in [0.05, 0.1) is 19.4 Å². The van der Waals surface area contributed by atoms with Gasteiger partial charge in [0.25, 0.3) is 0 Å². The van der Waals surface area contributed by atoms with E-state index in [4.69, 9.17) is 9.47 Å². The molecular formula is C16H22N3O5+. The fraction of sp³-hybridized carbons (Fsp3) is 0.500. The summed E-state index contributed by atoms with van der Waals surface area (Å²) in [5, 5.41) is 14.2. The number of carboxylic acids is 1. The van der Waals surface area contributed by atoms with Crippen molar-refractivity contribution in [2.45, 2.75) is 12.5 Å². The lowest BCUT2D eigenvalue weighted by Gasteiger charge is -2.33. The number of hydrogen-bond donors (Lipinski definition) is 3. The number of aliphatic carboxylic acids is 1. The Morgan fingerprint density at radius 1 is 1.21 bits per heavy atom. The third-order valence-electron chi connectivity index (χ3n) is 4.57. The van der Waals surface area contributed by atoms with E-state index < -0.39 is 12.0 Å². The van der Waals surface area contributed by atoms with E-state index in [-0.39, 0.29) is 19.1 Å². The minimum absolute atomic E-state index is 0.106. The first-order valence-electron chi connectivity index (χ1n) is 8.09. The molecule has 3 N–H and O–H groups in total. The second-order valence-corrected chi connectivity index (χ2v) is 6.31. The molecular weight excluding hydrogens is 314 g/mol. The van der Waals surface area contributed by atoms with Crippen molar-refractivity contribution >= 4 is 17.6 Å². The summed E-state index contributed by atoms with van der Waals surface area (Å²) in [7, 11) is 2.08. The first-order valence-corrected chi connectivity index (χ1v) is 8.09. The first-order chi connectivity index (χ1) is 11.5. The maximum absolute atomic E-state index is 12.2. The molecule has 0 saturated carbocycles. The van der Waals surface area contributed by atoms with Crippen molar-refractivity contribution in [1.29, 1.82) is 0 Å². The van der Waals surface area contributed by atoms with E-state index in [1.54, 1.807) is 18.2 Å². The molecule has 1 aromatic rings. The van der Waals surface area contributed by atoms with Crippen LogP contribution in [0.2, 0.25) is 0 Å². The second kappa shape index (κ2) is 7.06. The van der Waals surface area contributed by atoms with E-state index in [1.807, 2.05) is 0 Å². The number of ether oxygens (including phenoxy) is 2. The molecule has 24 heavy (non-hydrogen) atoms. The van der Waals surface area contributed by atoms with Crippen LogP contribution in [0.1, 0.15) is 6.42 Å². The number of anilines is 1. The van der Waals surface area contributed by atoms with E-state index in [0.29, 0.717) is 17.2 Å². The largest absolute Gasteiger partial charge is 0.544 e. The summed E-state index contributed by atoms with van der Waals surface area (Å²) in [6.45, 7) is 3.39. The van der Waals surface area contributed by atoms with E-state index in [9.17, 15) is 14.7 Å². The lowest BCUT2D eigenvalue weighted by molar-refractivity contribution is -1.01. The fourth-order valence-electron chi connectivity index (χ4n) is 3.11. The molecule has 3 rings (SSSR count). The van der Waals surface area contributed by atoms with Crippen molar-refractivity contribution in [1.82, 2.24) is 0 Å². The number of hydrogen-bond acceptors (Lipinski definition) is 5. The van der Waals surface area contributed by atoms with Crippen LogP contribution in [0.4, 0.5) is 5.69 Å². The average molecular weight is 336 g/mol. The minimum Gasteiger partial charge on any atom is -0.544 e. The van der Waals surface area contributed by atoms with Gasteiger partial charge >= 0.3 is 0 Å². The molecule has 1 aromatic carbocycles. The molecule has 1 fully saturated rings. The number of amides is 1. The molecule has 130 valence electrons. The summed E-state index contributed by atoms with van der Waals surface area (Å²) in [5.41, 5.74) is 0.555. The van der Waals surface area contributed by atoms with Crippen LogP contribution >= 0.6 is 0 Å². The summed E-state index contributed by atoms with van der Waals surface area (Å²) < 4.78 is 10.5. The molecule has 2 aliphatic rings. The zero-order valence-corrected chi connectivity index (χ0v) is 13.6.